The quantitative estimate of drug-likeness (QED) is 0.474. The first-order valence-corrected chi connectivity index (χ1v) is 5.35. The van der Waals surface area contributed by atoms with E-state index in [1.165, 1.54) is 12.8 Å². The molecule has 0 spiro atoms. The first-order valence-electron chi connectivity index (χ1n) is 4.95. The number of thiocarbonyl (C=S) groups is 1. The Bertz CT molecular complexity index is 282. The average Bonchev–Trinajstić information content (AvgIpc) is 2.36. The third-order valence-electron chi connectivity index (χ3n) is 4.73. The molecule has 2 heteroatoms. The summed E-state index contributed by atoms with van der Waals surface area (Å²) < 4.78 is 0. The van der Waals surface area contributed by atoms with Gasteiger partial charge in [-0.25, -0.2) is 0 Å². The predicted octanol–water partition coefficient (Wildman–Crippen LogP) is 2.63. The van der Waals surface area contributed by atoms with Crippen LogP contribution in [-0.4, -0.2) is 11.2 Å². The topological polar surface area (TPSA) is 17.1 Å². The Hall–Kier alpha value is -0.240. The highest BCUT2D eigenvalue weighted by molar-refractivity contribution is 7.80. The molecule has 0 aliphatic heterocycles. The maximum Gasteiger partial charge on any atom is 0.128 e. The minimum absolute atomic E-state index is 0.0590. The van der Waals surface area contributed by atoms with Crippen LogP contribution in [0.25, 0.3) is 0 Å². The van der Waals surface area contributed by atoms with E-state index in [-0.39, 0.29) is 16.7 Å². The summed E-state index contributed by atoms with van der Waals surface area (Å²) in [6, 6.07) is 0. The van der Waals surface area contributed by atoms with Crippen LogP contribution >= 0.6 is 12.2 Å². The number of fused-ring (bicyclic) bond motifs is 2. The van der Waals surface area contributed by atoms with Crippen LogP contribution in [-0.2, 0) is 4.79 Å². The number of rotatable bonds is 1. The van der Waals surface area contributed by atoms with E-state index in [0.717, 1.165) is 11.2 Å². The number of hydrogen-bond donors (Lipinski definition) is 0. The third-order valence-corrected chi connectivity index (χ3v) is 5.45. The lowest BCUT2D eigenvalue weighted by Crippen LogP contribution is -2.32. The fourth-order valence-corrected chi connectivity index (χ4v) is 3.90. The van der Waals surface area contributed by atoms with E-state index in [1.54, 1.807) is 0 Å². The highest BCUT2D eigenvalue weighted by Crippen LogP contribution is 2.65. The van der Waals surface area contributed by atoms with Gasteiger partial charge in [0.2, 0.25) is 0 Å². The average molecular weight is 196 g/mol. The fourth-order valence-electron chi connectivity index (χ4n) is 3.31. The molecule has 0 radical (unpaired) electrons. The Morgan fingerprint density at radius 2 is 2.08 bits per heavy atom. The van der Waals surface area contributed by atoms with E-state index in [0.29, 0.717) is 5.92 Å². The fraction of sp³-hybridized carbons (Fsp3) is 0.818. The minimum atomic E-state index is 0.0590. The van der Waals surface area contributed by atoms with Crippen molar-refractivity contribution in [3.05, 3.63) is 0 Å². The molecule has 13 heavy (non-hydrogen) atoms. The molecule has 3 unspecified atom stereocenters. The van der Waals surface area contributed by atoms with Gasteiger partial charge >= 0.3 is 0 Å². The molecule has 0 N–H and O–H groups in total. The Morgan fingerprint density at radius 3 is 2.38 bits per heavy atom. The Kier molecular flexibility index (Phi) is 1.73. The molecule has 2 bridgehead atoms. The van der Waals surface area contributed by atoms with Crippen molar-refractivity contribution in [3.63, 3.8) is 0 Å². The van der Waals surface area contributed by atoms with Gasteiger partial charge in [-0.2, -0.15) is 0 Å². The molecule has 0 aromatic rings. The Balaban J connectivity index is 2.50. The Morgan fingerprint density at radius 1 is 1.46 bits per heavy atom. The zero-order chi connectivity index (χ0) is 9.85. The lowest BCUT2D eigenvalue weighted by molar-refractivity contribution is -0.110. The molecule has 72 valence electrons. The molecule has 0 aromatic carbocycles. The number of aldehydes is 1. The van der Waals surface area contributed by atoms with Crippen LogP contribution in [0.4, 0.5) is 0 Å². The summed E-state index contributed by atoms with van der Waals surface area (Å²) >= 11 is 5.42. The molecule has 0 aromatic heterocycles. The van der Waals surface area contributed by atoms with Crippen molar-refractivity contribution in [2.24, 2.45) is 22.7 Å². The van der Waals surface area contributed by atoms with Gasteiger partial charge in [-0.15, -0.1) is 0 Å². The van der Waals surface area contributed by atoms with Crippen molar-refractivity contribution in [3.8, 4) is 0 Å². The van der Waals surface area contributed by atoms with E-state index in [1.807, 2.05) is 0 Å². The van der Waals surface area contributed by atoms with Gasteiger partial charge in [-0.3, -0.25) is 0 Å². The van der Waals surface area contributed by atoms with Gasteiger partial charge in [0.25, 0.3) is 0 Å². The maximum atomic E-state index is 10.9. The molecular weight excluding hydrogens is 180 g/mol. The summed E-state index contributed by atoms with van der Waals surface area (Å²) in [6.45, 7) is 6.76. The van der Waals surface area contributed by atoms with Crippen molar-refractivity contribution < 1.29 is 4.79 Å². The van der Waals surface area contributed by atoms with Crippen molar-refractivity contribution in [2.45, 2.75) is 33.6 Å². The van der Waals surface area contributed by atoms with Gasteiger partial charge < -0.3 is 4.79 Å². The highest BCUT2D eigenvalue weighted by atomic mass is 32.1. The first-order chi connectivity index (χ1) is 5.95. The number of carbonyl (C=O) groups is 1. The predicted molar refractivity (Wildman–Crippen MR) is 56.8 cm³/mol. The largest absolute Gasteiger partial charge is 0.303 e. The van der Waals surface area contributed by atoms with Crippen molar-refractivity contribution in [1.29, 1.82) is 0 Å². The van der Waals surface area contributed by atoms with Crippen molar-refractivity contribution in [2.75, 3.05) is 0 Å². The lowest BCUT2D eigenvalue weighted by Gasteiger charge is -2.34. The van der Waals surface area contributed by atoms with Crippen LogP contribution in [0.5, 0.6) is 0 Å². The van der Waals surface area contributed by atoms with Crippen molar-refractivity contribution in [1.82, 2.24) is 0 Å². The zero-order valence-corrected chi connectivity index (χ0v) is 9.28. The summed E-state index contributed by atoms with van der Waals surface area (Å²) in [5, 5.41) is 0. The number of hydrogen-bond acceptors (Lipinski definition) is 2. The summed E-state index contributed by atoms with van der Waals surface area (Å²) in [5.74, 6) is 0.561. The standard InChI is InChI=1S/C11H16OS/c1-10(2)8-4-5-11(10,3)9(13)7(8)6-12/h6-8H,4-5H2,1-3H3. The molecule has 1 nitrogen and oxygen atoms in total. The van der Waals surface area contributed by atoms with Gasteiger partial charge in [0.05, 0.1) is 0 Å². The van der Waals surface area contributed by atoms with E-state index < -0.39 is 0 Å². The van der Waals surface area contributed by atoms with Gasteiger partial charge in [0, 0.05) is 16.2 Å². The Labute approximate surface area is 84.9 Å². The molecule has 2 saturated carbocycles. The van der Waals surface area contributed by atoms with E-state index in [9.17, 15) is 4.79 Å². The van der Waals surface area contributed by atoms with Gasteiger partial charge in [-0.05, 0) is 24.2 Å². The van der Waals surface area contributed by atoms with E-state index in [4.69, 9.17) is 12.2 Å². The normalized spacial score (nSPS) is 46.8. The van der Waals surface area contributed by atoms with Crippen LogP contribution in [0.15, 0.2) is 0 Å². The van der Waals surface area contributed by atoms with Gasteiger partial charge in [0.15, 0.2) is 0 Å². The molecule has 2 aliphatic rings. The number of carbonyl (C=O) groups excluding carboxylic acids is 1. The molecular formula is C11H16OS. The van der Waals surface area contributed by atoms with Crippen LogP contribution in [0.2, 0.25) is 0 Å². The van der Waals surface area contributed by atoms with Crippen LogP contribution in [0, 0.1) is 22.7 Å². The summed E-state index contributed by atoms with van der Waals surface area (Å²) in [6.07, 6.45) is 3.42. The highest BCUT2D eigenvalue weighted by Gasteiger charge is 2.63. The maximum absolute atomic E-state index is 10.9. The van der Waals surface area contributed by atoms with Crippen LogP contribution in [0.1, 0.15) is 33.6 Å². The SMILES string of the molecule is CC12CCC(C(C=O)C1=S)C2(C)C. The van der Waals surface area contributed by atoms with E-state index >= 15 is 0 Å². The van der Waals surface area contributed by atoms with Crippen molar-refractivity contribution >= 4 is 23.4 Å². The minimum Gasteiger partial charge on any atom is -0.303 e. The first kappa shape index (κ1) is 9.32. The monoisotopic (exact) mass is 196 g/mol. The third kappa shape index (κ3) is 0.829. The molecule has 0 heterocycles. The molecule has 2 aliphatic carbocycles. The second-order valence-electron chi connectivity index (χ2n) is 5.23. The summed E-state index contributed by atoms with van der Waals surface area (Å²) in [4.78, 5) is 12.0. The second kappa shape index (κ2) is 2.41. The molecule has 3 atom stereocenters. The summed E-state index contributed by atoms with van der Waals surface area (Å²) in [5.41, 5.74) is 0.369. The van der Waals surface area contributed by atoms with Crippen LogP contribution < -0.4 is 0 Å². The van der Waals surface area contributed by atoms with Gasteiger partial charge in [-0.1, -0.05) is 33.0 Å². The lowest BCUT2D eigenvalue weighted by atomic mass is 9.71. The molecule has 2 fully saturated rings. The van der Waals surface area contributed by atoms with E-state index in [2.05, 4.69) is 20.8 Å². The second-order valence-corrected chi connectivity index (χ2v) is 5.66. The van der Waals surface area contributed by atoms with Crippen LogP contribution in [0.3, 0.4) is 0 Å². The molecule has 0 saturated heterocycles. The molecule has 0 amide bonds. The summed E-state index contributed by atoms with van der Waals surface area (Å²) in [7, 11) is 0. The zero-order valence-electron chi connectivity index (χ0n) is 8.46. The van der Waals surface area contributed by atoms with Gasteiger partial charge in [0.1, 0.15) is 6.29 Å². The molecule has 2 rings (SSSR count). The smallest absolute Gasteiger partial charge is 0.128 e.